The first-order chi connectivity index (χ1) is 13.9. The van der Waals surface area contributed by atoms with Gasteiger partial charge in [0, 0.05) is 17.8 Å². The lowest BCUT2D eigenvalue weighted by molar-refractivity contribution is -0.167. The lowest BCUT2D eigenvalue weighted by Crippen LogP contribution is -2.58. The van der Waals surface area contributed by atoms with Gasteiger partial charge in [0.25, 0.3) is 0 Å². The predicted molar refractivity (Wildman–Crippen MR) is 108 cm³/mol. The summed E-state index contributed by atoms with van der Waals surface area (Å²) in [4.78, 5) is 36.1. The van der Waals surface area contributed by atoms with Crippen molar-refractivity contribution in [1.82, 2.24) is 0 Å². The van der Waals surface area contributed by atoms with Crippen LogP contribution in [0.1, 0.15) is 47.0 Å². The maximum atomic E-state index is 15.3. The Morgan fingerprint density at radius 2 is 1.97 bits per heavy atom. The molecular formula is C24H29FO5. The van der Waals surface area contributed by atoms with Gasteiger partial charge in [-0.25, -0.2) is 4.39 Å². The molecule has 30 heavy (non-hydrogen) atoms. The zero-order valence-electron chi connectivity index (χ0n) is 17.9. The molecule has 0 radical (unpaired) electrons. The van der Waals surface area contributed by atoms with Crippen LogP contribution >= 0.6 is 0 Å². The van der Waals surface area contributed by atoms with Gasteiger partial charge in [-0.3, -0.25) is 14.4 Å². The first-order valence-corrected chi connectivity index (χ1v) is 10.6. The van der Waals surface area contributed by atoms with Gasteiger partial charge in [0.2, 0.25) is 5.78 Å². The molecule has 4 aliphatic rings. The normalized spacial score (nSPS) is 44.4. The summed E-state index contributed by atoms with van der Waals surface area (Å²) in [5, 5.41) is 11.6. The number of hydrogen-bond acceptors (Lipinski definition) is 5. The third kappa shape index (κ3) is 2.65. The topological polar surface area (TPSA) is 80.7 Å². The fourth-order valence-corrected chi connectivity index (χ4v) is 6.75. The predicted octanol–water partition coefficient (Wildman–Crippen LogP) is 3.27. The van der Waals surface area contributed by atoms with E-state index >= 15 is 4.39 Å². The molecule has 4 aliphatic carbocycles. The van der Waals surface area contributed by atoms with Gasteiger partial charge in [-0.15, -0.1) is 0 Å². The molecule has 162 valence electrons. The Labute approximate surface area is 176 Å². The summed E-state index contributed by atoms with van der Waals surface area (Å²) < 4.78 is 20.2. The maximum Gasteiger partial charge on any atom is 0.303 e. The van der Waals surface area contributed by atoms with Crippen LogP contribution in [-0.4, -0.2) is 41.0 Å². The zero-order chi connectivity index (χ0) is 22.1. The van der Waals surface area contributed by atoms with Crippen molar-refractivity contribution >= 4 is 17.5 Å². The number of halogens is 1. The molecule has 2 saturated carbocycles. The number of carbonyl (C=O) groups excluding carboxylic acids is 3. The highest BCUT2D eigenvalue weighted by Gasteiger charge is 2.67. The highest BCUT2D eigenvalue weighted by atomic mass is 19.1. The number of rotatable bonds is 3. The van der Waals surface area contributed by atoms with Gasteiger partial charge in [0.1, 0.15) is 11.8 Å². The van der Waals surface area contributed by atoms with Crippen molar-refractivity contribution in [3.05, 3.63) is 35.5 Å². The van der Waals surface area contributed by atoms with Crippen LogP contribution in [0.5, 0.6) is 0 Å². The Balaban J connectivity index is 1.74. The van der Waals surface area contributed by atoms with Gasteiger partial charge in [0.15, 0.2) is 12.4 Å². The van der Waals surface area contributed by atoms with E-state index in [0.29, 0.717) is 18.4 Å². The minimum Gasteiger partial charge on any atom is -0.458 e. The molecule has 0 amide bonds. The van der Waals surface area contributed by atoms with Crippen molar-refractivity contribution in [3.63, 3.8) is 0 Å². The van der Waals surface area contributed by atoms with Gasteiger partial charge in [0.05, 0.1) is 0 Å². The quantitative estimate of drug-likeness (QED) is 0.564. The molecule has 7 atom stereocenters. The van der Waals surface area contributed by atoms with Crippen molar-refractivity contribution in [2.24, 2.45) is 28.6 Å². The van der Waals surface area contributed by atoms with Crippen LogP contribution in [0.25, 0.3) is 0 Å². The lowest BCUT2D eigenvalue weighted by atomic mass is 9.51. The van der Waals surface area contributed by atoms with Crippen LogP contribution in [0.2, 0.25) is 0 Å². The van der Waals surface area contributed by atoms with Gasteiger partial charge in [-0.2, -0.15) is 0 Å². The number of alkyl halides is 1. The molecule has 6 heteroatoms. The third-order valence-electron chi connectivity index (χ3n) is 8.35. The Kier molecular flexibility index (Phi) is 4.73. The lowest BCUT2D eigenvalue weighted by Gasteiger charge is -2.54. The van der Waals surface area contributed by atoms with Crippen molar-refractivity contribution in [3.8, 4) is 0 Å². The van der Waals surface area contributed by atoms with Crippen molar-refractivity contribution < 1.29 is 28.6 Å². The van der Waals surface area contributed by atoms with Crippen LogP contribution in [0.3, 0.4) is 0 Å². The van der Waals surface area contributed by atoms with Crippen LogP contribution < -0.4 is 0 Å². The maximum absolute atomic E-state index is 15.3. The van der Waals surface area contributed by atoms with Crippen LogP contribution in [0, 0.1) is 28.6 Å². The molecule has 0 aromatic carbocycles. The van der Waals surface area contributed by atoms with E-state index in [1.54, 1.807) is 6.08 Å². The molecule has 5 nitrogen and oxygen atoms in total. The fourth-order valence-electron chi connectivity index (χ4n) is 6.75. The average Bonchev–Trinajstić information content (AvgIpc) is 2.89. The van der Waals surface area contributed by atoms with E-state index in [1.165, 1.54) is 19.1 Å². The number of ether oxygens (including phenoxy) is 1. The fraction of sp³-hybridized carbons (Fsp3) is 0.625. The molecule has 0 bridgehead atoms. The Hall–Kier alpha value is -2.08. The molecule has 0 aliphatic heterocycles. The first kappa shape index (κ1) is 21.2. The van der Waals surface area contributed by atoms with Gasteiger partial charge in [-0.1, -0.05) is 31.6 Å². The highest BCUT2D eigenvalue weighted by molar-refractivity contribution is 6.01. The van der Waals surface area contributed by atoms with Crippen LogP contribution in [0.4, 0.5) is 4.39 Å². The number of aliphatic hydroxyl groups is 1. The zero-order valence-corrected chi connectivity index (χ0v) is 17.9. The van der Waals surface area contributed by atoms with Crippen LogP contribution in [-0.2, 0) is 19.1 Å². The van der Waals surface area contributed by atoms with E-state index in [4.69, 9.17) is 4.74 Å². The van der Waals surface area contributed by atoms with Gasteiger partial charge >= 0.3 is 5.97 Å². The Morgan fingerprint density at radius 1 is 1.27 bits per heavy atom. The smallest absolute Gasteiger partial charge is 0.303 e. The monoisotopic (exact) mass is 416 g/mol. The number of fused-ring (bicyclic) bond motifs is 5. The molecule has 0 heterocycles. The minimum absolute atomic E-state index is 0.0820. The Bertz CT molecular complexity index is 917. The largest absolute Gasteiger partial charge is 0.458 e. The summed E-state index contributed by atoms with van der Waals surface area (Å²) in [5.74, 6) is -1.80. The van der Waals surface area contributed by atoms with Crippen molar-refractivity contribution in [1.29, 1.82) is 0 Å². The second-order valence-corrected chi connectivity index (χ2v) is 9.84. The standard InChI is InChI=1S/C24H29FO5/c1-13-9-18-16-11-20(25)19-10-15(27)5-7-22(19,3)17(16)6-8-23(18,4)24(13,29)21(28)12-30-14(2)26/h5-7,10,13,16,18,20,29H,8-9,11-12H2,1-4H3/t13-,16+,18-,20-,22+,23-,24-/m0/s1. The van der Waals surface area contributed by atoms with E-state index in [-0.39, 0.29) is 30.0 Å². The number of esters is 1. The van der Waals surface area contributed by atoms with E-state index in [1.807, 2.05) is 26.8 Å². The van der Waals surface area contributed by atoms with Crippen molar-refractivity contribution in [2.45, 2.75) is 58.7 Å². The van der Waals surface area contributed by atoms with Gasteiger partial charge < -0.3 is 9.84 Å². The summed E-state index contributed by atoms with van der Waals surface area (Å²) in [6.45, 7) is 6.47. The number of Topliss-reactive ketones (excluding diaryl/α,β-unsaturated/α-hetero) is 1. The molecule has 0 aromatic rings. The number of allylic oxidation sites excluding steroid dienone is 6. The van der Waals surface area contributed by atoms with E-state index in [0.717, 1.165) is 5.57 Å². The molecule has 4 rings (SSSR count). The van der Waals surface area contributed by atoms with Crippen LogP contribution in [0.15, 0.2) is 35.5 Å². The van der Waals surface area contributed by atoms with E-state index in [2.05, 4.69) is 0 Å². The molecule has 2 fully saturated rings. The van der Waals surface area contributed by atoms with E-state index < -0.39 is 41.0 Å². The summed E-state index contributed by atoms with van der Waals surface area (Å²) in [6, 6.07) is 0. The summed E-state index contributed by atoms with van der Waals surface area (Å²) in [5.41, 5.74) is -1.48. The third-order valence-corrected chi connectivity index (χ3v) is 8.35. The van der Waals surface area contributed by atoms with Gasteiger partial charge in [-0.05, 0) is 61.7 Å². The minimum atomic E-state index is -1.64. The van der Waals surface area contributed by atoms with E-state index in [9.17, 15) is 19.5 Å². The second-order valence-electron chi connectivity index (χ2n) is 9.84. The van der Waals surface area contributed by atoms with Crippen molar-refractivity contribution in [2.75, 3.05) is 6.61 Å². The molecule has 0 saturated heterocycles. The summed E-state index contributed by atoms with van der Waals surface area (Å²) in [7, 11) is 0. The molecular weight excluding hydrogens is 387 g/mol. The highest BCUT2D eigenvalue weighted by Crippen LogP contribution is 2.66. The molecule has 0 aromatic heterocycles. The Morgan fingerprint density at radius 3 is 2.63 bits per heavy atom. The summed E-state index contributed by atoms with van der Waals surface area (Å²) in [6.07, 6.45) is 6.83. The molecule has 1 N–H and O–H groups in total. The number of hydrogen-bond donors (Lipinski definition) is 1. The molecule has 0 unspecified atom stereocenters. The summed E-state index contributed by atoms with van der Waals surface area (Å²) >= 11 is 0. The SMILES string of the molecule is CC(=O)OCC(=O)[C@@]1(O)[C@@H](C)C[C@H]2[C@@H]3C[C@H](F)C4=CC(=O)C=C[C@]4(C)C3=CC[C@@]21C. The number of carbonyl (C=O) groups is 3. The second kappa shape index (κ2) is 6.71. The average molecular weight is 416 g/mol. The number of ketones is 2. The molecule has 0 spiro atoms. The first-order valence-electron chi connectivity index (χ1n) is 10.6.